The molecule has 0 aliphatic heterocycles. The topological polar surface area (TPSA) is 49.3 Å². The van der Waals surface area contributed by atoms with E-state index in [2.05, 4.69) is 5.32 Å². The molecule has 0 saturated heterocycles. The Kier molecular flexibility index (Phi) is 5.40. The maximum atomic E-state index is 12.0. The maximum absolute atomic E-state index is 12.0. The molecule has 2 rings (SSSR count). The Balaban J connectivity index is 1.71. The van der Waals surface area contributed by atoms with Gasteiger partial charge in [0.05, 0.1) is 6.10 Å². The summed E-state index contributed by atoms with van der Waals surface area (Å²) in [7, 11) is 0. The highest BCUT2D eigenvalue weighted by molar-refractivity contribution is 7.12. The van der Waals surface area contributed by atoms with Crippen LogP contribution >= 0.6 is 11.3 Å². The molecule has 0 radical (unpaired) electrons. The van der Waals surface area contributed by atoms with E-state index in [0.717, 1.165) is 24.1 Å². The summed E-state index contributed by atoms with van der Waals surface area (Å²) in [5, 5.41) is 12.5. The van der Waals surface area contributed by atoms with Crippen LogP contribution in [0.4, 0.5) is 0 Å². The second-order valence-corrected chi connectivity index (χ2v) is 6.56. The number of carbonyl (C=O) groups is 1. The number of hydrogen-bond acceptors (Lipinski definition) is 3. The number of amides is 1. The first-order chi connectivity index (χ1) is 9.16. The summed E-state index contributed by atoms with van der Waals surface area (Å²) < 4.78 is 0. The maximum Gasteiger partial charge on any atom is 0.223 e. The standard InChI is InChI=1S/C15H23NO2S/c1-11(17)14-8-7-13(19-14)9-10-16-15(18)12-5-3-2-4-6-12/h7-8,11-12,17H,2-6,9-10H2,1H3,(H,16,18)/t11-/m0/s1. The molecule has 1 aromatic rings. The summed E-state index contributed by atoms with van der Waals surface area (Å²) >= 11 is 1.63. The van der Waals surface area contributed by atoms with Crippen LogP contribution < -0.4 is 5.32 Å². The first-order valence-electron chi connectivity index (χ1n) is 7.21. The van der Waals surface area contributed by atoms with Crippen molar-refractivity contribution in [2.24, 2.45) is 5.92 Å². The van der Waals surface area contributed by atoms with Gasteiger partial charge in [-0.25, -0.2) is 0 Å². The summed E-state index contributed by atoms with van der Waals surface area (Å²) in [6.45, 7) is 2.48. The molecule has 1 atom stereocenters. The van der Waals surface area contributed by atoms with E-state index in [1.165, 1.54) is 24.1 Å². The quantitative estimate of drug-likeness (QED) is 0.871. The molecule has 0 bridgehead atoms. The molecule has 19 heavy (non-hydrogen) atoms. The SMILES string of the molecule is C[C@H](O)c1ccc(CCNC(=O)C2CCCCC2)s1. The molecule has 1 aliphatic rings. The van der Waals surface area contributed by atoms with Crippen molar-refractivity contribution >= 4 is 17.2 Å². The van der Waals surface area contributed by atoms with Crippen molar-refractivity contribution in [2.75, 3.05) is 6.54 Å². The predicted molar refractivity (Wildman–Crippen MR) is 78.2 cm³/mol. The van der Waals surface area contributed by atoms with E-state index in [-0.39, 0.29) is 11.8 Å². The molecule has 1 saturated carbocycles. The molecule has 2 N–H and O–H groups in total. The molecule has 106 valence electrons. The molecule has 1 fully saturated rings. The van der Waals surface area contributed by atoms with Gasteiger partial charge in [0.25, 0.3) is 0 Å². The zero-order valence-corrected chi connectivity index (χ0v) is 12.3. The van der Waals surface area contributed by atoms with E-state index in [9.17, 15) is 9.90 Å². The van der Waals surface area contributed by atoms with Crippen LogP contribution in [0, 0.1) is 5.92 Å². The molecule has 1 aromatic heterocycles. The Morgan fingerprint density at radius 1 is 1.42 bits per heavy atom. The molecule has 0 unspecified atom stereocenters. The van der Waals surface area contributed by atoms with Gasteiger partial charge in [-0.1, -0.05) is 19.3 Å². The van der Waals surface area contributed by atoms with Gasteiger partial charge in [0, 0.05) is 22.2 Å². The summed E-state index contributed by atoms with van der Waals surface area (Å²) in [5.41, 5.74) is 0. The normalized spacial score (nSPS) is 18.2. The molecule has 1 heterocycles. The minimum absolute atomic E-state index is 0.229. The van der Waals surface area contributed by atoms with Gasteiger partial charge in [0.2, 0.25) is 5.91 Å². The number of aliphatic hydroxyl groups is 1. The molecular formula is C15H23NO2S. The largest absolute Gasteiger partial charge is 0.388 e. The van der Waals surface area contributed by atoms with Crippen molar-refractivity contribution in [1.29, 1.82) is 0 Å². The van der Waals surface area contributed by atoms with Gasteiger partial charge in [-0.15, -0.1) is 11.3 Å². The number of thiophene rings is 1. The van der Waals surface area contributed by atoms with Gasteiger partial charge in [-0.3, -0.25) is 4.79 Å². The van der Waals surface area contributed by atoms with Crippen LogP contribution in [-0.2, 0) is 11.2 Å². The van der Waals surface area contributed by atoms with Gasteiger partial charge >= 0.3 is 0 Å². The average Bonchev–Trinajstić information content (AvgIpc) is 2.89. The lowest BCUT2D eigenvalue weighted by atomic mass is 9.89. The summed E-state index contributed by atoms with van der Waals surface area (Å²) in [4.78, 5) is 14.2. The van der Waals surface area contributed by atoms with Crippen LogP contribution in [0.2, 0.25) is 0 Å². The Morgan fingerprint density at radius 3 is 2.79 bits per heavy atom. The third-order valence-corrected chi connectivity index (χ3v) is 5.06. The second-order valence-electron chi connectivity index (χ2n) is 5.36. The van der Waals surface area contributed by atoms with Crippen LogP contribution in [-0.4, -0.2) is 17.6 Å². The minimum Gasteiger partial charge on any atom is -0.388 e. The van der Waals surface area contributed by atoms with Gasteiger partial charge in [-0.05, 0) is 38.3 Å². The third-order valence-electron chi connectivity index (χ3n) is 3.74. The Bertz CT molecular complexity index is 408. The lowest BCUT2D eigenvalue weighted by Crippen LogP contribution is -2.33. The van der Waals surface area contributed by atoms with E-state index >= 15 is 0 Å². The third kappa shape index (κ3) is 4.32. The van der Waals surface area contributed by atoms with Gasteiger partial charge in [0.1, 0.15) is 0 Å². The summed E-state index contributed by atoms with van der Waals surface area (Å²) in [6, 6.07) is 4.01. The average molecular weight is 281 g/mol. The van der Waals surface area contributed by atoms with Crippen LogP contribution in [0.25, 0.3) is 0 Å². The zero-order valence-electron chi connectivity index (χ0n) is 11.5. The van der Waals surface area contributed by atoms with Crippen LogP contribution in [0.15, 0.2) is 12.1 Å². The highest BCUT2D eigenvalue weighted by Gasteiger charge is 2.20. The Hall–Kier alpha value is -0.870. The molecular weight excluding hydrogens is 258 g/mol. The van der Waals surface area contributed by atoms with Gasteiger partial charge < -0.3 is 10.4 Å². The molecule has 0 aromatic carbocycles. The van der Waals surface area contributed by atoms with E-state index in [4.69, 9.17) is 0 Å². The Labute approximate surface area is 119 Å². The number of carbonyl (C=O) groups excluding carboxylic acids is 1. The molecule has 1 amide bonds. The highest BCUT2D eigenvalue weighted by atomic mass is 32.1. The fourth-order valence-corrected chi connectivity index (χ4v) is 3.52. The van der Waals surface area contributed by atoms with Crippen LogP contribution in [0.3, 0.4) is 0 Å². The zero-order chi connectivity index (χ0) is 13.7. The van der Waals surface area contributed by atoms with E-state index in [0.29, 0.717) is 6.54 Å². The van der Waals surface area contributed by atoms with Crippen molar-refractivity contribution < 1.29 is 9.90 Å². The fourth-order valence-electron chi connectivity index (χ4n) is 2.57. The fraction of sp³-hybridized carbons (Fsp3) is 0.667. The van der Waals surface area contributed by atoms with E-state index in [1.54, 1.807) is 18.3 Å². The van der Waals surface area contributed by atoms with Crippen molar-refractivity contribution in [3.8, 4) is 0 Å². The van der Waals surface area contributed by atoms with Crippen molar-refractivity contribution in [3.05, 3.63) is 21.9 Å². The number of nitrogens with one attached hydrogen (secondary N) is 1. The molecule has 4 heteroatoms. The van der Waals surface area contributed by atoms with E-state index < -0.39 is 6.10 Å². The van der Waals surface area contributed by atoms with Crippen molar-refractivity contribution in [2.45, 2.75) is 51.6 Å². The number of aliphatic hydroxyl groups excluding tert-OH is 1. The second kappa shape index (κ2) is 7.06. The predicted octanol–water partition coefficient (Wildman–Crippen LogP) is 3.04. The first-order valence-corrected chi connectivity index (χ1v) is 8.03. The Morgan fingerprint density at radius 2 is 2.16 bits per heavy atom. The summed E-state index contributed by atoms with van der Waals surface area (Å²) in [5.74, 6) is 0.470. The lowest BCUT2D eigenvalue weighted by Gasteiger charge is -2.20. The number of rotatable bonds is 5. The highest BCUT2D eigenvalue weighted by Crippen LogP contribution is 2.24. The minimum atomic E-state index is -0.393. The van der Waals surface area contributed by atoms with E-state index in [1.807, 2.05) is 12.1 Å². The smallest absolute Gasteiger partial charge is 0.223 e. The van der Waals surface area contributed by atoms with Gasteiger partial charge in [-0.2, -0.15) is 0 Å². The summed E-state index contributed by atoms with van der Waals surface area (Å²) in [6.07, 6.45) is 6.24. The van der Waals surface area contributed by atoms with Crippen LogP contribution in [0.5, 0.6) is 0 Å². The molecule has 3 nitrogen and oxygen atoms in total. The van der Waals surface area contributed by atoms with Crippen molar-refractivity contribution in [1.82, 2.24) is 5.32 Å². The monoisotopic (exact) mass is 281 g/mol. The molecule has 0 spiro atoms. The first kappa shape index (κ1) is 14.5. The molecule has 1 aliphatic carbocycles. The number of hydrogen-bond donors (Lipinski definition) is 2. The van der Waals surface area contributed by atoms with Gasteiger partial charge in [0.15, 0.2) is 0 Å². The lowest BCUT2D eigenvalue weighted by molar-refractivity contribution is -0.125. The van der Waals surface area contributed by atoms with Crippen LogP contribution in [0.1, 0.15) is 54.9 Å². The van der Waals surface area contributed by atoms with Crippen molar-refractivity contribution in [3.63, 3.8) is 0 Å².